The van der Waals surface area contributed by atoms with Gasteiger partial charge in [0.2, 0.25) is 15.7 Å². The van der Waals surface area contributed by atoms with Crippen molar-refractivity contribution in [2.45, 2.75) is 23.5 Å². The summed E-state index contributed by atoms with van der Waals surface area (Å²) in [4.78, 5) is -0.247. The van der Waals surface area contributed by atoms with Gasteiger partial charge in [-0.3, -0.25) is 0 Å². The molecule has 0 bridgehead atoms. The number of aryl methyl sites for hydroxylation is 1. The summed E-state index contributed by atoms with van der Waals surface area (Å²) in [6.45, 7) is 1.61. The Kier molecular flexibility index (Phi) is 5.40. The zero-order valence-corrected chi connectivity index (χ0v) is 16.0. The highest BCUT2D eigenvalue weighted by molar-refractivity contribution is 7.89. The molecule has 9 heteroatoms. The number of sulfonamides is 1. The van der Waals surface area contributed by atoms with Crippen molar-refractivity contribution in [1.29, 1.82) is 0 Å². The minimum atomic E-state index is -4.37. The Morgan fingerprint density at radius 2 is 1.71 bits per heavy atom. The molecule has 3 rings (SSSR count). The molecule has 0 amide bonds. The lowest BCUT2D eigenvalue weighted by Gasteiger charge is -2.34. The summed E-state index contributed by atoms with van der Waals surface area (Å²) < 4.78 is 85.2. The van der Waals surface area contributed by atoms with Crippen LogP contribution in [0.5, 0.6) is 0 Å². The van der Waals surface area contributed by atoms with E-state index in [9.17, 15) is 21.6 Å². The van der Waals surface area contributed by atoms with Crippen LogP contribution in [0.3, 0.4) is 0 Å². The van der Waals surface area contributed by atoms with Crippen molar-refractivity contribution in [3.8, 4) is 0 Å². The standard InChI is InChI=1S/C19H14ClF4NO2S/c1-11-7-8-12(9-14(11)20)19(24)16(10-15(21)17(22)18(19)23)25-28(26,27)13-5-3-2-4-6-13/h2-10,16,25H,1H3. The largest absolute Gasteiger partial charge is 0.241 e. The number of benzene rings is 2. The first-order chi connectivity index (χ1) is 13.1. The molecule has 0 spiro atoms. The smallest absolute Gasteiger partial charge is 0.229 e. The Morgan fingerprint density at radius 3 is 2.32 bits per heavy atom. The average Bonchev–Trinajstić information content (AvgIpc) is 2.67. The van der Waals surface area contributed by atoms with Crippen LogP contribution in [0.4, 0.5) is 17.6 Å². The molecule has 2 unspecified atom stereocenters. The van der Waals surface area contributed by atoms with Gasteiger partial charge < -0.3 is 0 Å². The molecule has 3 nitrogen and oxygen atoms in total. The van der Waals surface area contributed by atoms with E-state index in [0.29, 0.717) is 11.6 Å². The van der Waals surface area contributed by atoms with Crippen LogP contribution >= 0.6 is 11.6 Å². The summed E-state index contributed by atoms with van der Waals surface area (Å²) >= 11 is 5.96. The molecule has 28 heavy (non-hydrogen) atoms. The molecule has 1 N–H and O–H groups in total. The molecule has 0 saturated carbocycles. The van der Waals surface area contributed by atoms with Gasteiger partial charge in [0.1, 0.15) is 0 Å². The van der Waals surface area contributed by atoms with Crippen molar-refractivity contribution in [3.05, 3.63) is 88.2 Å². The average molecular weight is 432 g/mol. The van der Waals surface area contributed by atoms with E-state index in [1.54, 1.807) is 13.0 Å². The summed E-state index contributed by atoms with van der Waals surface area (Å²) in [5.41, 5.74) is -3.25. The summed E-state index contributed by atoms with van der Waals surface area (Å²) in [7, 11) is -4.37. The van der Waals surface area contributed by atoms with Crippen LogP contribution in [0.25, 0.3) is 0 Å². The van der Waals surface area contributed by atoms with E-state index in [-0.39, 0.29) is 9.92 Å². The molecule has 0 heterocycles. The van der Waals surface area contributed by atoms with Gasteiger partial charge in [-0.05, 0) is 42.3 Å². The van der Waals surface area contributed by atoms with Crippen LogP contribution in [0.2, 0.25) is 5.02 Å². The molecule has 148 valence electrons. The Labute approximate surface area is 164 Å². The molecular formula is C19H14ClF4NO2S. The first-order valence-electron chi connectivity index (χ1n) is 8.03. The first kappa shape index (κ1) is 20.6. The SMILES string of the molecule is Cc1ccc(C2(F)C(F)=C(F)C(F)=CC2NS(=O)(=O)c2ccccc2)cc1Cl. The summed E-state index contributed by atoms with van der Waals surface area (Å²) in [5, 5.41) is 0.0578. The fourth-order valence-electron chi connectivity index (χ4n) is 2.81. The third kappa shape index (κ3) is 3.47. The Morgan fingerprint density at radius 1 is 1.07 bits per heavy atom. The number of alkyl halides is 1. The third-order valence-corrected chi connectivity index (χ3v) is 6.26. The number of hydrogen-bond acceptors (Lipinski definition) is 2. The predicted octanol–water partition coefficient (Wildman–Crippen LogP) is 5.18. The van der Waals surface area contributed by atoms with Gasteiger partial charge >= 0.3 is 0 Å². The number of rotatable bonds is 4. The topological polar surface area (TPSA) is 46.2 Å². The minimum Gasteiger partial charge on any atom is -0.229 e. The van der Waals surface area contributed by atoms with E-state index in [0.717, 1.165) is 12.1 Å². The molecule has 2 aromatic rings. The Balaban J connectivity index is 2.13. The highest BCUT2D eigenvalue weighted by atomic mass is 35.5. The monoisotopic (exact) mass is 431 g/mol. The molecule has 1 aliphatic carbocycles. The van der Waals surface area contributed by atoms with E-state index in [4.69, 9.17) is 11.6 Å². The molecule has 2 atom stereocenters. The van der Waals surface area contributed by atoms with Gasteiger partial charge in [0.25, 0.3) is 0 Å². The van der Waals surface area contributed by atoms with Crippen LogP contribution < -0.4 is 4.72 Å². The van der Waals surface area contributed by atoms with E-state index >= 15 is 4.39 Å². The zero-order chi connectivity index (χ0) is 20.7. The maximum absolute atomic E-state index is 15.9. The van der Waals surface area contributed by atoms with Gasteiger partial charge in [0, 0.05) is 5.02 Å². The molecule has 1 aliphatic rings. The molecule has 2 aromatic carbocycles. The lowest BCUT2D eigenvalue weighted by atomic mass is 9.83. The maximum atomic E-state index is 15.9. The number of halogens is 5. The minimum absolute atomic E-state index is 0.0578. The van der Waals surface area contributed by atoms with E-state index in [2.05, 4.69) is 0 Å². The van der Waals surface area contributed by atoms with Gasteiger partial charge in [-0.1, -0.05) is 41.9 Å². The first-order valence-corrected chi connectivity index (χ1v) is 9.90. The predicted molar refractivity (Wildman–Crippen MR) is 98.0 cm³/mol. The van der Waals surface area contributed by atoms with Crippen LogP contribution in [0.1, 0.15) is 11.1 Å². The van der Waals surface area contributed by atoms with E-state index in [1.807, 2.05) is 4.72 Å². The van der Waals surface area contributed by atoms with Crippen molar-refractivity contribution < 1.29 is 26.0 Å². The number of allylic oxidation sites excluding steroid dienone is 2. The van der Waals surface area contributed by atoms with Gasteiger partial charge in [-0.25, -0.2) is 30.7 Å². The second-order valence-electron chi connectivity index (χ2n) is 6.23. The number of hydrogen-bond donors (Lipinski definition) is 1. The Bertz CT molecular complexity index is 1090. The fourth-order valence-corrected chi connectivity index (χ4v) is 4.21. The van der Waals surface area contributed by atoms with Crippen molar-refractivity contribution in [1.82, 2.24) is 4.72 Å². The van der Waals surface area contributed by atoms with Crippen molar-refractivity contribution in [2.24, 2.45) is 0 Å². The lowest BCUT2D eigenvalue weighted by molar-refractivity contribution is 0.135. The molecule has 0 fully saturated rings. The van der Waals surface area contributed by atoms with Gasteiger partial charge in [-0.2, -0.15) is 0 Å². The molecular weight excluding hydrogens is 418 g/mol. The van der Waals surface area contributed by atoms with E-state index in [1.165, 1.54) is 30.3 Å². The van der Waals surface area contributed by atoms with Gasteiger partial charge in [0.05, 0.1) is 10.9 Å². The number of nitrogens with one attached hydrogen (secondary N) is 1. The summed E-state index contributed by atoms with van der Waals surface area (Å²) in [6.07, 6.45) is 0.354. The highest BCUT2D eigenvalue weighted by Gasteiger charge is 2.51. The normalized spacial score (nSPS) is 22.9. The fraction of sp³-hybridized carbons (Fsp3) is 0.158. The quantitative estimate of drug-likeness (QED) is 0.678. The van der Waals surface area contributed by atoms with Gasteiger partial charge in [0.15, 0.2) is 17.5 Å². The summed E-state index contributed by atoms with van der Waals surface area (Å²) in [6, 6.07) is 8.31. The second kappa shape index (κ2) is 7.35. The van der Waals surface area contributed by atoms with Gasteiger partial charge in [-0.15, -0.1) is 0 Å². The third-order valence-electron chi connectivity index (χ3n) is 4.39. The van der Waals surface area contributed by atoms with Crippen LogP contribution in [-0.2, 0) is 15.7 Å². The molecule has 0 radical (unpaired) electrons. The van der Waals surface area contributed by atoms with Crippen LogP contribution in [-0.4, -0.2) is 14.5 Å². The Hall–Kier alpha value is -2.16. The molecule has 0 aromatic heterocycles. The maximum Gasteiger partial charge on any atom is 0.241 e. The molecule has 0 aliphatic heterocycles. The van der Waals surface area contributed by atoms with Crippen molar-refractivity contribution in [2.75, 3.05) is 0 Å². The van der Waals surface area contributed by atoms with E-state index < -0.39 is 44.8 Å². The second-order valence-corrected chi connectivity index (χ2v) is 8.35. The summed E-state index contributed by atoms with van der Waals surface area (Å²) in [5.74, 6) is -5.81. The zero-order valence-electron chi connectivity index (χ0n) is 14.4. The molecule has 0 saturated heterocycles. The lowest BCUT2D eigenvalue weighted by Crippen LogP contribution is -2.49. The van der Waals surface area contributed by atoms with Crippen LogP contribution in [0, 0.1) is 6.92 Å². The highest BCUT2D eigenvalue weighted by Crippen LogP contribution is 2.46. The van der Waals surface area contributed by atoms with Crippen molar-refractivity contribution in [3.63, 3.8) is 0 Å². The van der Waals surface area contributed by atoms with Crippen LogP contribution in [0.15, 0.2) is 77.0 Å². The van der Waals surface area contributed by atoms with Crippen molar-refractivity contribution >= 4 is 21.6 Å².